The van der Waals surface area contributed by atoms with Gasteiger partial charge in [0.1, 0.15) is 5.75 Å². The quantitative estimate of drug-likeness (QED) is 0.536. The highest BCUT2D eigenvalue weighted by Gasteiger charge is 2.24. The Morgan fingerprint density at radius 2 is 1.71 bits per heavy atom. The molecular formula is C24H29NO3. The third kappa shape index (κ3) is 3.51. The molecule has 3 aromatic rings. The van der Waals surface area contributed by atoms with Crippen LogP contribution in [0.25, 0.3) is 16.6 Å². The van der Waals surface area contributed by atoms with Crippen LogP contribution in [0.15, 0.2) is 42.5 Å². The molecule has 2 aromatic carbocycles. The molecule has 0 aliphatic rings. The van der Waals surface area contributed by atoms with Crippen molar-refractivity contribution in [1.29, 1.82) is 0 Å². The Kier molecular flexibility index (Phi) is 5.50. The summed E-state index contributed by atoms with van der Waals surface area (Å²) in [4.78, 5) is 12.8. The number of rotatable bonds is 5. The molecule has 0 N–H and O–H groups in total. The maximum absolute atomic E-state index is 12.8. The number of hydrogen-bond donors (Lipinski definition) is 0. The van der Waals surface area contributed by atoms with E-state index in [1.165, 1.54) is 5.56 Å². The van der Waals surface area contributed by atoms with Crippen LogP contribution in [0.3, 0.4) is 0 Å². The molecule has 0 saturated heterocycles. The minimum atomic E-state index is -0.289. The van der Waals surface area contributed by atoms with Gasteiger partial charge in [0.05, 0.1) is 24.8 Å². The van der Waals surface area contributed by atoms with E-state index in [-0.39, 0.29) is 11.4 Å². The first-order valence-electron chi connectivity index (χ1n) is 9.81. The number of benzene rings is 2. The molecule has 0 amide bonds. The minimum Gasteiger partial charge on any atom is -0.497 e. The lowest BCUT2D eigenvalue weighted by Crippen LogP contribution is -2.11. The fourth-order valence-electron chi connectivity index (χ4n) is 3.62. The molecule has 4 nitrogen and oxygen atoms in total. The first-order valence-corrected chi connectivity index (χ1v) is 9.81. The van der Waals surface area contributed by atoms with Crippen LogP contribution in [0.5, 0.6) is 5.75 Å². The van der Waals surface area contributed by atoms with Crippen molar-refractivity contribution in [2.75, 3.05) is 13.7 Å². The van der Waals surface area contributed by atoms with E-state index in [9.17, 15) is 4.79 Å². The van der Waals surface area contributed by atoms with Crippen molar-refractivity contribution < 1.29 is 14.3 Å². The SMILES string of the molecule is CCOC(=O)c1c(CC)n(-c2ccc(C(C)(C)C)cc2)c2ccc(OC)cc12. The van der Waals surface area contributed by atoms with E-state index in [4.69, 9.17) is 9.47 Å². The Labute approximate surface area is 167 Å². The molecule has 0 fully saturated rings. The Morgan fingerprint density at radius 3 is 2.25 bits per heavy atom. The maximum atomic E-state index is 12.8. The number of carbonyl (C=O) groups excluding carboxylic acids is 1. The molecule has 148 valence electrons. The van der Waals surface area contributed by atoms with Crippen LogP contribution >= 0.6 is 0 Å². The van der Waals surface area contributed by atoms with Crippen LogP contribution < -0.4 is 4.74 Å². The molecule has 28 heavy (non-hydrogen) atoms. The Morgan fingerprint density at radius 1 is 1.04 bits per heavy atom. The van der Waals surface area contributed by atoms with Crippen molar-refractivity contribution in [3.05, 3.63) is 59.3 Å². The van der Waals surface area contributed by atoms with E-state index in [0.29, 0.717) is 18.6 Å². The molecular weight excluding hydrogens is 350 g/mol. The third-order valence-corrected chi connectivity index (χ3v) is 5.08. The summed E-state index contributed by atoms with van der Waals surface area (Å²) in [5, 5.41) is 0.856. The molecule has 0 atom stereocenters. The molecule has 0 unspecified atom stereocenters. The highest BCUT2D eigenvalue weighted by molar-refractivity contribution is 6.07. The molecule has 0 aliphatic carbocycles. The Bertz CT molecular complexity index is 991. The summed E-state index contributed by atoms with van der Waals surface area (Å²) >= 11 is 0. The smallest absolute Gasteiger partial charge is 0.340 e. The van der Waals surface area contributed by atoms with Crippen LogP contribution in [0.4, 0.5) is 0 Å². The van der Waals surface area contributed by atoms with Gasteiger partial charge >= 0.3 is 5.97 Å². The van der Waals surface area contributed by atoms with Gasteiger partial charge in [0.2, 0.25) is 0 Å². The molecule has 0 saturated carbocycles. The van der Waals surface area contributed by atoms with Gasteiger partial charge in [-0.2, -0.15) is 0 Å². The molecule has 1 aromatic heterocycles. The molecule has 0 aliphatic heterocycles. The highest BCUT2D eigenvalue weighted by Crippen LogP contribution is 2.34. The van der Waals surface area contributed by atoms with Crippen molar-refractivity contribution >= 4 is 16.9 Å². The van der Waals surface area contributed by atoms with Gasteiger partial charge in [0.15, 0.2) is 0 Å². The highest BCUT2D eigenvalue weighted by atomic mass is 16.5. The van der Waals surface area contributed by atoms with Gasteiger partial charge in [-0.3, -0.25) is 0 Å². The summed E-state index contributed by atoms with van der Waals surface area (Å²) in [7, 11) is 1.63. The monoisotopic (exact) mass is 379 g/mol. The number of fused-ring (bicyclic) bond motifs is 1. The fourth-order valence-corrected chi connectivity index (χ4v) is 3.62. The largest absolute Gasteiger partial charge is 0.497 e. The number of ether oxygens (including phenoxy) is 2. The van der Waals surface area contributed by atoms with Crippen molar-refractivity contribution in [2.24, 2.45) is 0 Å². The molecule has 0 radical (unpaired) electrons. The molecule has 0 bridgehead atoms. The van der Waals surface area contributed by atoms with Crippen molar-refractivity contribution in [3.8, 4) is 11.4 Å². The molecule has 3 rings (SSSR count). The van der Waals surface area contributed by atoms with E-state index in [1.807, 2.05) is 25.1 Å². The average Bonchev–Trinajstić information content (AvgIpc) is 3.00. The second-order valence-corrected chi connectivity index (χ2v) is 7.91. The zero-order chi connectivity index (χ0) is 20.5. The van der Waals surface area contributed by atoms with E-state index in [2.05, 4.69) is 56.5 Å². The van der Waals surface area contributed by atoms with Gasteiger partial charge in [-0.1, -0.05) is 39.8 Å². The second kappa shape index (κ2) is 7.70. The summed E-state index contributed by atoms with van der Waals surface area (Å²) in [6.45, 7) is 10.8. The predicted octanol–water partition coefficient (Wildman–Crippen LogP) is 5.68. The maximum Gasteiger partial charge on any atom is 0.340 e. The lowest BCUT2D eigenvalue weighted by Gasteiger charge is -2.20. The summed E-state index contributed by atoms with van der Waals surface area (Å²) < 4.78 is 12.9. The van der Waals surface area contributed by atoms with E-state index in [0.717, 1.165) is 28.0 Å². The standard InChI is InChI=1S/C24H29NO3/c1-7-20-22(23(26)28-8-2)19-15-18(27-6)13-14-21(19)25(20)17-11-9-16(10-12-17)24(3,4)5/h9-15H,7-8H2,1-6H3. The van der Waals surface area contributed by atoms with Crippen LogP contribution in [-0.4, -0.2) is 24.3 Å². The van der Waals surface area contributed by atoms with Crippen molar-refractivity contribution in [3.63, 3.8) is 0 Å². The van der Waals surface area contributed by atoms with Gasteiger partial charge in [0, 0.05) is 16.8 Å². The summed E-state index contributed by atoms with van der Waals surface area (Å²) in [5.41, 5.74) is 4.95. The van der Waals surface area contributed by atoms with Crippen LogP contribution in [-0.2, 0) is 16.6 Å². The lowest BCUT2D eigenvalue weighted by molar-refractivity contribution is 0.0527. The number of esters is 1. The summed E-state index contributed by atoms with van der Waals surface area (Å²) in [5.74, 6) is 0.434. The number of methoxy groups -OCH3 is 1. The van der Waals surface area contributed by atoms with Crippen LogP contribution in [0.2, 0.25) is 0 Å². The van der Waals surface area contributed by atoms with Gasteiger partial charge < -0.3 is 14.0 Å². The normalized spacial score (nSPS) is 11.6. The van der Waals surface area contributed by atoms with Gasteiger partial charge in [-0.25, -0.2) is 4.79 Å². The van der Waals surface area contributed by atoms with Crippen molar-refractivity contribution in [1.82, 2.24) is 4.57 Å². The summed E-state index contributed by atoms with van der Waals surface area (Å²) in [6, 6.07) is 14.4. The zero-order valence-electron chi connectivity index (χ0n) is 17.6. The third-order valence-electron chi connectivity index (χ3n) is 5.08. The number of aromatic nitrogens is 1. The van der Waals surface area contributed by atoms with E-state index >= 15 is 0 Å². The number of nitrogens with zero attached hydrogens (tertiary/aromatic N) is 1. The Balaban J connectivity index is 2.28. The number of hydrogen-bond acceptors (Lipinski definition) is 3. The second-order valence-electron chi connectivity index (χ2n) is 7.91. The topological polar surface area (TPSA) is 40.5 Å². The van der Waals surface area contributed by atoms with E-state index in [1.54, 1.807) is 7.11 Å². The van der Waals surface area contributed by atoms with Gasteiger partial charge in [0.25, 0.3) is 0 Å². The first-order chi connectivity index (χ1) is 13.3. The summed E-state index contributed by atoms with van der Waals surface area (Å²) in [6.07, 6.45) is 0.714. The molecule has 0 spiro atoms. The minimum absolute atomic E-state index is 0.0916. The van der Waals surface area contributed by atoms with Gasteiger partial charge in [-0.05, 0) is 54.7 Å². The number of carbonyl (C=O) groups is 1. The van der Waals surface area contributed by atoms with Crippen LogP contribution in [0.1, 0.15) is 56.2 Å². The first kappa shape index (κ1) is 20.0. The fraction of sp³-hybridized carbons (Fsp3) is 0.375. The predicted molar refractivity (Wildman–Crippen MR) is 114 cm³/mol. The van der Waals surface area contributed by atoms with Crippen molar-refractivity contribution in [2.45, 2.75) is 46.5 Å². The lowest BCUT2D eigenvalue weighted by atomic mass is 9.87. The van der Waals surface area contributed by atoms with E-state index < -0.39 is 0 Å². The molecule has 4 heteroatoms. The average molecular weight is 380 g/mol. The van der Waals surface area contributed by atoms with Gasteiger partial charge in [-0.15, -0.1) is 0 Å². The Hall–Kier alpha value is -2.75. The zero-order valence-corrected chi connectivity index (χ0v) is 17.6. The molecule has 1 heterocycles. The van der Waals surface area contributed by atoms with Crippen LogP contribution in [0, 0.1) is 0 Å².